The molecule has 6 aliphatic heterocycles. The number of aliphatic hydroxyl groups is 1. The Bertz CT molecular complexity index is 2960. The Morgan fingerprint density at radius 1 is 0.793 bits per heavy atom. The summed E-state index contributed by atoms with van der Waals surface area (Å²) in [4.78, 5) is 48.2. The smallest absolute Gasteiger partial charge is 0.243 e. The maximum absolute atomic E-state index is 14.4. The fourth-order valence-electron chi connectivity index (χ4n) is 14.9. The number of piperidine rings is 3. The number of nitrogens with zero attached hydrogens (tertiary/aromatic N) is 10. The van der Waals surface area contributed by atoms with Crippen LogP contribution < -0.4 is 20.9 Å². The molecule has 18 nitrogen and oxygen atoms in total. The summed E-state index contributed by atoms with van der Waals surface area (Å²) in [5.74, 6) is 2.73. The van der Waals surface area contributed by atoms with Gasteiger partial charge in [0.1, 0.15) is 17.7 Å². The third kappa shape index (κ3) is 12.6. The molecule has 0 radical (unpaired) electrons. The molecule has 9 heterocycles. The van der Waals surface area contributed by atoms with Gasteiger partial charge in [0, 0.05) is 95.6 Å². The molecule has 2 amide bonds. The van der Waals surface area contributed by atoms with Crippen molar-refractivity contribution in [3.05, 3.63) is 83.2 Å². The molecule has 7 fully saturated rings. The first kappa shape index (κ1) is 56.8. The van der Waals surface area contributed by atoms with Crippen LogP contribution in [0.5, 0.6) is 5.75 Å². The first-order chi connectivity index (χ1) is 39.8. The van der Waals surface area contributed by atoms with E-state index < -0.39 is 18.1 Å². The lowest BCUT2D eigenvalue weighted by Crippen LogP contribution is -2.52. The minimum atomic E-state index is -0.793. The predicted octanol–water partition coefficient (Wildman–Crippen LogP) is 7.97. The van der Waals surface area contributed by atoms with E-state index in [1.807, 2.05) is 75.7 Å². The summed E-state index contributed by atoms with van der Waals surface area (Å²) in [7, 11) is 0. The lowest BCUT2D eigenvalue weighted by atomic mass is 9.81. The van der Waals surface area contributed by atoms with Crippen molar-refractivity contribution >= 4 is 40.5 Å². The third-order valence-electron chi connectivity index (χ3n) is 19.6. The maximum atomic E-state index is 14.4. The van der Waals surface area contributed by atoms with Crippen LogP contribution in [0.2, 0.25) is 0 Å². The molecule has 3 aromatic heterocycles. The third-order valence-corrected chi connectivity index (χ3v) is 20.6. The number of amides is 2. The van der Waals surface area contributed by atoms with Crippen LogP contribution in [0.25, 0.3) is 21.7 Å². The number of ether oxygens (including phenoxy) is 1. The second-order valence-electron chi connectivity index (χ2n) is 25.6. The van der Waals surface area contributed by atoms with Gasteiger partial charge < -0.3 is 55.0 Å². The van der Waals surface area contributed by atoms with E-state index in [0.29, 0.717) is 59.0 Å². The van der Waals surface area contributed by atoms with Crippen molar-refractivity contribution in [2.75, 3.05) is 94.1 Å². The van der Waals surface area contributed by atoms with Gasteiger partial charge in [-0.05, 0) is 144 Å². The number of β-amino-alcohol motifs (C(OH)–C–C–N with tert-alkyl or cyclic N) is 1. The fourth-order valence-corrected chi connectivity index (χ4v) is 15.7. The van der Waals surface area contributed by atoms with Gasteiger partial charge in [0.2, 0.25) is 11.8 Å². The largest absolute Gasteiger partial charge is 0.507 e. The van der Waals surface area contributed by atoms with Crippen LogP contribution in [0.4, 0.5) is 17.3 Å². The van der Waals surface area contributed by atoms with Crippen LogP contribution in [0.1, 0.15) is 120 Å². The highest BCUT2D eigenvalue weighted by atomic mass is 32.1. The van der Waals surface area contributed by atoms with E-state index in [2.05, 4.69) is 62.3 Å². The number of rotatable bonds is 17. The average Bonchev–Trinajstić information content (AvgIpc) is 4.47. The number of hydrogen-bond donors (Lipinski definition) is 4. The van der Waals surface area contributed by atoms with E-state index in [9.17, 15) is 19.8 Å². The van der Waals surface area contributed by atoms with Gasteiger partial charge in [-0.25, -0.2) is 4.98 Å². The van der Waals surface area contributed by atoms with Crippen molar-refractivity contribution in [2.24, 2.45) is 23.7 Å². The normalized spacial score (nSPS) is 26.3. The molecule has 2 unspecified atom stereocenters. The molecular weight excluding hydrogens is 1050 g/mol. The minimum Gasteiger partial charge on any atom is -0.507 e. The van der Waals surface area contributed by atoms with Crippen LogP contribution >= 0.6 is 11.3 Å². The number of carbonyl (C=O) groups is 2. The van der Waals surface area contributed by atoms with Gasteiger partial charge >= 0.3 is 0 Å². The molecule has 0 spiro atoms. The summed E-state index contributed by atoms with van der Waals surface area (Å²) in [6.45, 7) is 19.8. The molecule has 440 valence electrons. The highest BCUT2D eigenvalue weighted by molar-refractivity contribution is 7.13. The summed E-state index contributed by atoms with van der Waals surface area (Å²) < 4.78 is 12.7. The molecule has 1 aliphatic carbocycles. The first-order valence-electron chi connectivity index (χ1n) is 30.8. The monoisotopic (exact) mass is 1140 g/mol. The number of aromatic nitrogens is 4. The number of thiazole rings is 1. The number of nitrogen functional groups attached to an aromatic ring is 1. The number of likely N-dealkylation sites (tertiary alicyclic amines) is 4. The molecule has 5 N–H and O–H groups in total. The topological polar surface area (TPSA) is 206 Å². The summed E-state index contributed by atoms with van der Waals surface area (Å²) in [6.07, 6.45) is 11.8. The van der Waals surface area contributed by atoms with Crippen LogP contribution in [-0.2, 0) is 14.3 Å². The highest BCUT2D eigenvalue weighted by Gasteiger charge is 2.45. The fraction of sp³-hybridized carbons (Fsp3) is 0.619. The molecular formula is C63H86N12O6S. The predicted molar refractivity (Wildman–Crippen MR) is 319 cm³/mol. The molecule has 6 atom stereocenters. The van der Waals surface area contributed by atoms with E-state index in [1.54, 1.807) is 22.3 Å². The van der Waals surface area contributed by atoms with Gasteiger partial charge in [0.15, 0.2) is 17.4 Å². The molecule has 1 saturated carbocycles. The number of nitrogens with one attached hydrogen (secondary N) is 1. The molecule has 5 aromatic rings. The Balaban J connectivity index is 0.542. The van der Waals surface area contributed by atoms with Gasteiger partial charge in [-0.2, -0.15) is 0 Å². The van der Waals surface area contributed by atoms with Gasteiger partial charge in [-0.1, -0.05) is 55.4 Å². The van der Waals surface area contributed by atoms with Gasteiger partial charge in [-0.3, -0.25) is 14.5 Å². The van der Waals surface area contributed by atoms with Crippen molar-refractivity contribution in [3.63, 3.8) is 0 Å². The molecule has 7 aliphatic rings. The molecule has 19 heteroatoms. The zero-order chi connectivity index (χ0) is 56.6. The van der Waals surface area contributed by atoms with Crippen molar-refractivity contribution in [1.29, 1.82) is 0 Å². The number of hydrogen-bond acceptors (Lipinski definition) is 17. The summed E-state index contributed by atoms with van der Waals surface area (Å²) >= 11 is 1.61. The molecule has 82 heavy (non-hydrogen) atoms. The standard InChI is InChI=1S/C63H86N12O6S/c1-39(2)59(63(79)75-37-49(76)30-55(75)62(78)66-40(3)45-9-11-46(12-10-45)60-41(4)65-38-82-60)57-32-58(69-81-57)72-24-13-42(14-25-72)33-71-22-18-50(19-23-71)80-51-28-44(29-51)34-70-20-16-47(17-21-70)74-35-43-15-26-73(36-48(74)27-43)54-31-53(67-68-61(54)64)52-7-5-6-8-56(52)77/h5-12,31-32,38-40,42-44,47-51,55,59,76-77H,13-30,33-37H2,1-4H3,(H2,64,68)(H,66,78)/t40-,43?,44?,48?,49+,51?,55-,59+/m0/s1. The number of phenols is 1. The lowest BCUT2D eigenvalue weighted by molar-refractivity contribution is -0.141. The number of benzene rings is 2. The quantitative estimate of drug-likeness (QED) is 0.0697. The molecule has 2 bridgehead atoms. The second-order valence-corrected chi connectivity index (χ2v) is 26.4. The van der Waals surface area contributed by atoms with E-state index in [4.69, 9.17) is 15.0 Å². The number of aromatic hydroxyl groups is 1. The number of anilines is 3. The number of phenolic OH excluding ortho intramolecular Hbond substituents is 1. The van der Waals surface area contributed by atoms with E-state index >= 15 is 0 Å². The summed E-state index contributed by atoms with van der Waals surface area (Å²) in [6, 6.07) is 19.4. The highest BCUT2D eigenvalue weighted by Crippen LogP contribution is 2.40. The molecule has 12 rings (SSSR count). The van der Waals surface area contributed by atoms with Gasteiger partial charge in [0.25, 0.3) is 0 Å². The summed E-state index contributed by atoms with van der Waals surface area (Å²) in [5, 5.41) is 37.6. The summed E-state index contributed by atoms with van der Waals surface area (Å²) in [5.41, 5.74) is 13.6. The SMILES string of the molecule is Cc1ncsc1-c1ccc([C@H](C)NC(=O)[C@@H]2C[C@@H](O)CN2C(=O)[C@@H](c2cc(N3CCC(CN4CCC(OC5CC(CN6CCC(N7CC8CCN(c9cc(-c%10ccccc%10O)nnc9N)CC7C8)CC6)C5)CC4)CC3)no2)C(C)C)cc1. The van der Waals surface area contributed by atoms with Gasteiger partial charge in [-0.15, -0.1) is 21.5 Å². The average molecular weight is 1140 g/mol. The van der Waals surface area contributed by atoms with Crippen molar-refractivity contribution in [3.8, 4) is 27.4 Å². The number of carbonyl (C=O) groups excluding carboxylic acids is 2. The number of fused-ring (bicyclic) bond motifs is 2. The number of aliphatic hydroxyl groups excluding tert-OH is 1. The van der Waals surface area contributed by atoms with Crippen LogP contribution in [-0.4, -0.2) is 177 Å². The lowest BCUT2D eigenvalue weighted by Gasteiger charge is -2.45. The molecule has 6 saturated heterocycles. The van der Waals surface area contributed by atoms with Crippen LogP contribution in [0, 0.1) is 30.6 Å². The van der Waals surface area contributed by atoms with Crippen LogP contribution in [0.3, 0.4) is 0 Å². The van der Waals surface area contributed by atoms with Crippen LogP contribution in [0.15, 0.2) is 70.7 Å². The van der Waals surface area contributed by atoms with Crippen molar-refractivity contribution in [2.45, 2.75) is 147 Å². The Kier molecular flexibility index (Phi) is 17.2. The van der Waals surface area contributed by atoms with E-state index in [1.165, 1.54) is 58.3 Å². The van der Waals surface area contributed by atoms with E-state index in [0.717, 1.165) is 117 Å². The minimum absolute atomic E-state index is 0.0951. The molecule has 2 aromatic carbocycles. The van der Waals surface area contributed by atoms with E-state index in [-0.39, 0.29) is 42.5 Å². The number of nitrogens with two attached hydrogens (primary N) is 1. The number of aryl methyl sites for hydroxylation is 1. The Morgan fingerprint density at radius 2 is 1.51 bits per heavy atom. The van der Waals surface area contributed by atoms with Crippen molar-refractivity contribution in [1.82, 2.24) is 45.3 Å². The Hall–Kier alpha value is -5.70. The Morgan fingerprint density at radius 3 is 2.23 bits per heavy atom. The zero-order valence-electron chi connectivity index (χ0n) is 48.5. The first-order valence-corrected chi connectivity index (χ1v) is 31.7. The zero-order valence-corrected chi connectivity index (χ0v) is 49.3. The van der Waals surface area contributed by atoms with Crippen molar-refractivity contribution < 1.29 is 29.1 Å². The second kappa shape index (κ2) is 24.9. The number of para-hydroxylation sites is 1. The maximum Gasteiger partial charge on any atom is 0.243 e. The van der Waals surface area contributed by atoms with Gasteiger partial charge in [0.05, 0.1) is 51.8 Å². The Labute approximate surface area is 487 Å².